The largest absolute Gasteiger partial charge is 0.492 e. The monoisotopic (exact) mass is 444 g/mol. The number of amides is 1. The van der Waals surface area contributed by atoms with Crippen LogP contribution < -0.4 is 10.1 Å². The molecule has 0 aliphatic carbocycles. The van der Waals surface area contributed by atoms with Crippen LogP contribution in [0.5, 0.6) is 5.75 Å². The fourth-order valence-corrected chi connectivity index (χ4v) is 3.98. The van der Waals surface area contributed by atoms with Gasteiger partial charge in [0, 0.05) is 11.3 Å². The summed E-state index contributed by atoms with van der Waals surface area (Å²) in [6.45, 7) is 4.49. The third-order valence-electron chi connectivity index (χ3n) is 4.75. The van der Waals surface area contributed by atoms with Crippen molar-refractivity contribution in [1.29, 1.82) is 0 Å². The molecule has 3 aromatic carbocycles. The standard InChI is InChI=1S/C25H24N4O2S/c1-3-31-22-12-8-7-11-21(22)26-23(30)17-32-25-28-27-24(19-9-5-4-6-10-19)29(25)20-15-13-18(2)14-16-20/h4-16H,3,17H2,1-2H3,(H,26,30). The van der Waals surface area contributed by atoms with Crippen molar-refractivity contribution in [1.82, 2.24) is 14.8 Å². The smallest absolute Gasteiger partial charge is 0.234 e. The third-order valence-corrected chi connectivity index (χ3v) is 5.68. The number of aryl methyl sites for hydroxylation is 1. The number of benzene rings is 3. The lowest BCUT2D eigenvalue weighted by Gasteiger charge is -2.12. The van der Waals surface area contributed by atoms with Gasteiger partial charge in [-0.1, -0.05) is 71.9 Å². The molecule has 162 valence electrons. The second-order valence-electron chi connectivity index (χ2n) is 7.11. The van der Waals surface area contributed by atoms with Crippen molar-refractivity contribution >= 4 is 23.4 Å². The fraction of sp³-hybridized carbons (Fsp3) is 0.160. The molecule has 1 amide bonds. The lowest BCUT2D eigenvalue weighted by Crippen LogP contribution is -2.15. The van der Waals surface area contributed by atoms with Gasteiger partial charge in [0.1, 0.15) is 5.75 Å². The molecule has 0 radical (unpaired) electrons. The number of hydrogen-bond acceptors (Lipinski definition) is 5. The lowest BCUT2D eigenvalue weighted by atomic mass is 10.2. The Bertz CT molecular complexity index is 1190. The Morgan fingerprint density at radius 2 is 1.69 bits per heavy atom. The molecule has 0 bridgehead atoms. The van der Waals surface area contributed by atoms with Crippen molar-refractivity contribution in [2.24, 2.45) is 0 Å². The van der Waals surface area contributed by atoms with Gasteiger partial charge in [0.2, 0.25) is 5.91 Å². The SMILES string of the molecule is CCOc1ccccc1NC(=O)CSc1nnc(-c2ccccc2)n1-c1ccc(C)cc1. The summed E-state index contributed by atoms with van der Waals surface area (Å²) in [5.74, 6) is 1.45. The van der Waals surface area contributed by atoms with Crippen molar-refractivity contribution in [3.05, 3.63) is 84.4 Å². The van der Waals surface area contributed by atoms with Crippen LogP contribution in [0.2, 0.25) is 0 Å². The first-order valence-electron chi connectivity index (χ1n) is 10.4. The number of hydrogen-bond donors (Lipinski definition) is 1. The molecule has 4 rings (SSSR count). The molecule has 0 aliphatic heterocycles. The van der Waals surface area contributed by atoms with E-state index < -0.39 is 0 Å². The zero-order valence-electron chi connectivity index (χ0n) is 18.0. The average molecular weight is 445 g/mol. The van der Waals surface area contributed by atoms with Gasteiger partial charge in [-0.3, -0.25) is 9.36 Å². The summed E-state index contributed by atoms with van der Waals surface area (Å²) < 4.78 is 7.58. The van der Waals surface area contributed by atoms with E-state index in [-0.39, 0.29) is 11.7 Å². The van der Waals surface area contributed by atoms with Crippen LogP contribution in [0.25, 0.3) is 17.1 Å². The minimum absolute atomic E-state index is 0.137. The number of ether oxygens (including phenoxy) is 1. The van der Waals surface area contributed by atoms with Crippen LogP contribution in [0.15, 0.2) is 84.0 Å². The van der Waals surface area contributed by atoms with Crippen LogP contribution in [0.4, 0.5) is 5.69 Å². The predicted octanol–water partition coefficient (Wildman–Crippen LogP) is 5.37. The normalized spacial score (nSPS) is 10.7. The molecule has 7 heteroatoms. The van der Waals surface area contributed by atoms with Crippen LogP contribution in [0, 0.1) is 6.92 Å². The molecular weight excluding hydrogens is 420 g/mol. The van der Waals surface area contributed by atoms with E-state index in [4.69, 9.17) is 4.74 Å². The zero-order valence-corrected chi connectivity index (χ0v) is 18.8. The number of thioether (sulfide) groups is 1. The maximum Gasteiger partial charge on any atom is 0.234 e. The average Bonchev–Trinajstić information content (AvgIpc) is 3.24. The number of aromatic nitrogens is 3. The van der Waals surface area contributed by atoms with Crippen LogP contribution >= 0.6 is 11.8 Å². The van der Waals surface area contributed by atoms with Gasteiger partial charge >= 0.3 is 0 Å². The van der Waals surface area contributed by atoms with E-state index in [1.165, 1.54) is 17.3 Å². The van der Waals surface area contributed by atoms with Crippen molar-refractivity contribution < 1.29 is 9.53 Å². The van der Waals surface area contributed by atoms with E-state index in [9.17, 15) is 4.79 Å². The lowest BCUT2D eigenvalue weighted by molar-refractivity contribution is -0.113. The summed E-state index contributed by atoms with van der Waals surface area (Å²) >= 11 is 1.34. The number of rotatable bonds is 8. The predicted molar refractivity (Wildman–Crippen MR) is 128 cm³/mol. The van der Waals surface area contributed by atoms with Gasteiger partial charge in [0.15, 0.2) is 11.0 Å². The first-order chi connectivity index (χ1) is 15.7. The van der Waals surface area contributed by atoms with Crippen molar-refractivity contribution in [2.45, 2.75) is 19.0 Å². The van der Waals surface area contributed by atoms with Gasteiger partial charge in [0.25, 0.3) is 0 Å². The Balaban J connectivity index is 1.57. The molecule has 0 unspecified atom stereocenters. The van der Waals surface area contributed by atoms with E-state index in [0.717, 1.165) is 17.1 Å². The van der Waals surface area contributed by atoms with Crippen molar-refractivity contribution in [2.75, 3.05) is 17.7 Å². The van der Waals surface area contributed by atoms with Gasteiger partial charge in [-0.15, -0.1) is 10.2 Å². The molecule has 1 heterocycles. The van der Waals surface area contributed by atoms with Crippen LogP contribution in [-0.4, -0.2) is 33.0 Å². The molecule has 4 aromatic rings. The number of anilines is 1. The van der Waals surface area contributed by atoms with E-state index in [0.29, 0.717) is 23.2 Å². The van der Waals surface area contributed by atoms with E-state index in [1.54, 1.807) is 0 Å². The second-order valence-corrected chi connectivity index (χ2v) is 8.05. The summed E-state index contributed by atoms with van der Waals surface area (Å²) in [7, 11) is 0. The third kappa shape index (κ3) is 5.00. The molecule has 0 atom stereocenters. The first kappa shape index (κ1) is 21.6. The van der Waals surface area contributed by atoms with Crippen LogP contribution in [0.1, 0.15) is 12.5 Å². The maximum absolute atomic E-state index is 12.7. The molecule has 0 fully saturated rings. The molecule has 1 aromatic heterocycles. The minimum Gasteiger partial charge on any atom is -0.492 e. The van der Waals surface area contributed by atoms with Crippen LogP contribution in [0.3, 0.4) is 0 Å². The van der Waals surface area contributed by atoms with Crippen LogP contribution in [-0.2, 0) is 4.79 Å². The maximum atomic E-state index is 12.7. The number of para-hydroxylation sites is 2. The summed E-state index contributed by atoms with van der Waals surface area (Å²) in [5, 5.41) is 12.4. The highest BCUT2D eigenvalue weighted by Crippen LogP contribution is 2.29. The van der Waals surface area contributed by atoms with E-state index >= 15 is 0 Å². The summed E-state index contributed by atoms with van der Waals surface area (Å²) in [5.41, 5.74) is 3.74. The second kappa shape index (κ2) is 10.2. The Kier molecular flexibility index (Phi) is 6.87. The Morgan fingerprint density at radius 3 is 2.44 bits per heavy atom. The van der Waals surface area contributed by atoms with E-state index in [2.05, 4.69) is 27.6 Å². The quantitative estimate of drug-likeness (QED) is 0.370. The van der Waals surface area contributed by atoms with Gasteiger partial charge in [-0.2, -0.15) is 0 Å². The summed E-state index contributed by atoms with van der Waals surface area (Å²) in [6.07, 6.45) is 0. The number of nitrogens with one attached hydrogen (secondary N) is 1. The Hall–Kier alpha value is -3.58. The molecule has 0 saturated carbocycles. The topological polar surface area (TPSA) is 69.0 Å². The highest BCUT2D eigenvalue weighted by atomic mass is 32.2. The highest BCUT2D eigenvalue weighted by Gasteiger charge is 2.17. The Morgan fingerprint density at radius 1 is 0.969 bits per heavy atom. The van der Waals surface area contributed by atoms with Gasteiger partial charge in [0.05, 0.1) is 18.0 Å². The summed E-state index contributed by atoms with van der Waals surface area (Å²) in [4.78, 5) is 12.7. The molecule has 0 spiro atoms. The zero-order chi connectivity index (χ0) is 22.3. The van der Waals surface area contributed by atoms with Gasteiger partial charge < -0.3 is 10.1 Å². The Labute approximate surface area is 191 Å². The molecule has 0 saturated heterocycles. The number of carbonyl (C=O) groups excluding carboxylic acids is 1. The minimum atomic E-state index is -0.137. The molecule has 6 nitrogen and oxygen atoms in total. The first-order valence-corrected chi connectivity index (χ1v) is 11.4. The molecular formula is C25H24N4O2S. The fourth-order valence-electron chi connectivity index (χ4n) is 3.23. The van der Waals surface area contributed by atoms with Crippen molar-refractivity contribution in [3.63, 3.8) is 0 Å². The number of carbonyl (C=O) groups is 1. The highest BCUT2D eigenvalue weighted by molar-refractivity contribution is 7.99. The molecule has 32 heavy (non-hydrogen) atoms. The summed E-state index contributed by atoms with van der Waals surface area (Å²) in [6, 6.07) is 25.5. The van der Waals surface area contributed by atoms with Crippen molar-refractivity contribution in [3.8, 4) is 22.8 Å². The van der Waals surface area contributed by atoms with E-state index in [1.807, 2.05) is 85.1 Å². The molecule has 0 aliphatic rings. The van der Waals surface area contributed by atoms with Gasteiger partial charge in [-0.25, -0.2) is 0 Å². The van der Waals surface area contributed by atoms with Gasteiger partial charge in [-0.05, 0) is 38.1 Å². The number of nitrogens with zero attached hydrogens (tertiary/aromatic N) is 3. The molecule has 1 N–H and O–H groups in total.